The predicted molar refractivity (Wildman–Crippen MR) is 124 cm³/mol. The summed E-state index contributed by atoms with van der Waals surface area (Å²) in [7, 11) is 1.70. The van der Waals surface area contributed by atoms with E-state index >= 15 is 0 Å². The van der Waals surface area contributed by atoms with Gasteiger partial charge < -0.3 is 20.1 Å². The Morgan fingerprint density at radius 3 is 2.62 bits per heavy atom. The van der Waals surface area contributed by atoms with Crippen molar-refractivity contribution in [1.29, 1.82) is 0 Å². The van der Waals surface area contributed by atoms with E-state index in [4.69, 9.17) is 9.47 Å². The first kappa shape index (κ1) is 23.4. The van der Waals surface area contributed by atoms with Gasteiger partial charge in [0.25, 0.3) is 0 Å². The van der Waals surface area contributed by atoms with Crippen molar-refractivity contribution < 1.29 is 13.9 Å². The molecule has 1 atom stereocenters. The summed E-state index contributed by atoms with van der Waals surface area (Å²) in [6.45, 7) is 5.24. The maximum atomic E-state index is 13.8. The van der Waals surface area contributed by atoms with Crippen LogP contribution in [0.5, 0.6) is 5.75 Å². The first-order valence-electron chi connectivity index (χ1n) is 9.63. The first-order chi connectivity index (χ1) is 13.7. The maximum absolute atomic E-state index is 13.8. The van der Waals surface area contributed by atoms with E-state index in [0.717, 1.165) is 36.5 Å². The van der Waals surface area contributed by atoms with E-state index in [-0.39, 0.29) is 29.8 Å². The molecular weight excluding hydrogens is 484 g/mol. The van der Waals surface area contributed by atoms with Gasteiger partial charge in [-0.25, -0.2) is 4.39 Å². The molecule has 0 saturated carbocycles. The van der Waals surface area contributed by atoms with E-state index in [1.54, 1.807) is 19.2 Å². The largest absolute Gasteiger partial charge is 0.493 e. The van der Waals surface area contributed by atoms with Crippen LogP contribution in [0, 0.1) is 18.7 Å². The molecule has 0 amide bonds. The van der Waals surface area contributed by atoms with E-state index in [0.29, 0.717) is 37.1 Å². The molecule has 2 N–H and O–H groups in total. The Balaban J connectivity index is 0.00000300. The number of hydrogen-bond acceptors (Lipinski definition) is 3. The molecule has 1 unspecified atom stereocenters. The summed E-state index contributed by atoms with van der Waals surface area (Å²) in [4.78, 5) is 4.22. The molecule has 1 fully saturated rings. The third kappa shape index (κ3) is 7.15. The number of guanidine groups is 1. The second-order valence-corrected chi connectivity index (χ2v) is 7.02. The van der Waals surface area contributed by atoms with Crippen LogP contribution in [0.4, 0.5) is 4.39 Å². The topological polar surface area (TPSA) is 54.9 Å². The average molecular weight is 513 g/mol. The summed E-state index contributed by atoms with van der Waals surface area (Å²) in [5.74, 6) is 1.72. The van der Waals surface area contributed by atoms with Gasteiger partial charge in [0, 0.05) is 43.8 Å². The molecular formula is C22H29FIN3O2. The lowest BCUT2D eigenvalue weighted by Gasteiger charge is -2.17. The zero-order valence-electron chi connectivity index (χ0n) is 16.9. The number of ether oxygens (including phenoxy) is 2. The van der Waals surface area contributed by atoms with E-state index in [1.165, 1.54) is 6.07 Å². The van der Waals surface area contributed by atoms with Crippen molar-refractivity contribution in [1.82, 2.24) is 10.6 Å². The second kappa shape index (κ2) is 12.0. The Hall–Kier alpha value is -1.87. The summed E-state index contributed by atoms with van der Waals surface area (Å²) < 4.78 is 25.3. The molecule has 0 radical (unpaired) electrons. The van der Waals surface area contributed by atoms with E-state index in [9.17, 15) is 4.39 Å². The number of rotatable bonds is 7. The molecule has 7 heteroatoms. The summed E-state index contributed by atoms with van der Waals surface area (Å²) in [6, 6.07) is 12.9. The Bertz CT molecular complexity index is 810. The van der Waals surface area contributed by atoms with Crippen molar-refractivity contribution in [3.8, 4) is 5.75 Å². The van der Waals surface area contributed by atoms with Crippen LogP contribution < -0.4 is 15.4 Å². The van der Waals surface area contributed by atoms with Crippen molar-refractivity contribution in [3.63, 3.8) is 0 Å². The molecule has 2 aromatic carbocycles. The molecule has 158 valence electrons. The van der Waals surface area contributed by atoms with Gasteiger partial charge in [0.15, 0.2) is 5.96 Å². The van der Waals surface area contributed by atoms with Crippen LogP contribution in [0.1, 0.15) is 23.1 Å². The number of benzene rings is 2. The van der Waals surface area contributed by atoms with Gasteiger partial charge in [-0.15, -0.1) is 24.0 Å². The highest BCUT2D eigenvalue weighted by Crippen LogP contribution is 2.22. The third-order valence-corrected chi connectivity index (χ3v) is 4.80. The number of halogens is 2. The van der Waals surface area contributed by atoms with Crippen LogP contribution in [-0.4, -0.2) is 32.8 Å². The third-order valence-electron chi connectivity index (χ3n) is 4.80. The molecule has 2 aromatic rings. The lowest BCUT2D eigenvalue weighted by atomic mass is 10.1. The Morgan fingerprint density at radius 2 is 1.93 bits per heavy atom. The van der Waals surface area contributed by atoms with Gasteiger partial charge >= 0.3 is 0 Å². The fourth-order valence-electron chi connectivity index (χ4n) is 3.08. The van der Waals surface area contributed by atoms with Crippen LogP contribution in [-0.2, 0) is 17.8 Å². The lowest BCUT2D eigenvalue weighted by Crippen LogP contribution is -2.36. The molecule has 29 heavy (non-hydrogen) atoms. The second-order valence-electron chi connectivity index (χ2n) is 7.02. The molecule has 1 heterocycles. The standard InChI is InChI=1S/C22H28FN3O2.HI/c1-16-7-8-19(21(11-16)28-15-17-9-10-27-14-17)13-26-22(24-2)25-12-18-5-3-4-6-20(18)23;/h3-8,11,17H,9-10,12-15H2,1-2H3,(H2,24,25,26);1H. The minimum atomic E-state index is -0.226. The summed E-state index contributed by atoms with van der Waals surface area (Å²) in [5.41, 5.74) is 2.81. The highest BCUT2D eigenvalue weighted by atomic mass is 127. The molecule has 1 aliphatic heterocycles. The van der Waals surface area contributed by atoms with Gasteiger partial charge in [-0.2, -0.15) is 0 Å². The summed E-state index contributed by atoms with van der Waals surface area (Å²) in [5, 5.41) is 6.42. The molecule has 1 aliphatic rings. The summed E-state index contributed by atoms with van der Waals surface area (Å²) in [6.07, 6.45) is 1.05. The van der Waals surface area contributed by atoms with Crippen molar-refractivity contribution in [2.75, 3.05) is 26.9 Å². The first-order valence-corrected chi connectivity index (χ1v) is 9.63. The number of aryl methyl sites for hydroxylation is 1. The van der Waals surface area contributed by atoms with Crippen LogP contribution >= 0.6 is 24.0 Å². The number of nitrogens with one attached hydrogen (secondary N) is 2. The minimum Gasteiger partial charge on any atom is -0.493 e. The van der Waals surface area contributed by atoms with Gasteiger partial charge in [0.1, 0.15) is 11.6 Å². The number of hydrogen-bond donors (Lipinski definition) is 2. The average Bonchev–Trinajstić information content (AvgIpc) is 3.22. The van der Waals surface area contributed by atoms with E-state index < -0.39 is 0 Å². The van der Waals surface area contributed by atoms with Crippen LogP contribution in [0.2, 0.25) is 0 Å². The van der Waals surface area contributed by atoms with E-state index in [1.807, 2.05) is 6.07 Å². The lowest BCUT2D eigenvalue weighted by molar-refractivity contribution is 0.166. The smallest absolute Gasteiger partial charge is 0.191 e. The van der Waals surface area contributed by atoms with Crippen molar-refractivity contribution in [2.45, 2.75) is 26.4 Å². The van der Waals surface area contributed by atoms with Gasteiger partial charge in [0.05, 0.1) is 13.2 Å². The maximum Gasteiger partial charge on any atom is 0.191 e. The van der Waals surface area contributed by atoms with Gasteiger partial charge in [0.2, 0.25) is 0 Å². The highest BCUT2D eigenvalue weighted by molar-refractivity contribution is 14.0. The number of aliphatic imine (C=N–C) groups is 1. The zero-order valence-corrected chi connectivity index (χ0v) is 19.2. The molecule has 0 bridgehead atoms. The van der Waals surface area contributed by atoms with Crippen molar-refractivity contribution in [2.24, 2.45) is 10.9 Å². The van der Waals surface area contributed by atoms with Crippen molar-refractivity contribution >= 4 is 29.9 Å². The van der Waals surface area contributed by atoms with Gasteiger partial charge in [-0.1, -0.05) is 30.3 Å². The number of nitrogens with zero attached hydrogens (tertiary/aromatic N) is 1. The van der Waals surface area contributed by atoms with Crippen LogP contribution in [0.3, 0.4) is 0 Å². The van der Waals surface area contributed by atoms with Gasteiger partial charge in [-0.05, 0) is 31.0 Å². The minimum absolute atomic E-state index is 0. The SMILES string of the molecule is CN=C(NCc1ccccc1F)NCc1ccc(C)cc1OCC1CCOC1.I. The Morgan fingerprint density at radius 1 is 1.17 bits per heavy atom. The van der Waals surface area contributed by atoms with Gasteiger partial charge in [-0.3, -0.25) is 4.99 Å². The molecule has 5 nitrogen and oxygen atoms in total. The molecule has 3 rings (SSSR count). The molecule has 0 aliphatic carbocycles. The summed E-state index contributed by atoms with van der Waals surface area (Å²) >= 11 is 0. The quantitative estimate of drug-likeness (QED) is 0.334. The molecule has 1 saturated heterocycles. The fourth-order valence-corrected chi connectivity index (χ4v) is 3.08. The molecule has 0 spiro atoms. The zero-order chi connectivity index (χ0) is 19.8. The Labute approximate surface area is 189 Å². The Kier molecular flexibility index (Phi) is 9.66. The predicted octanol–water partition coefficient (Wildman–Crippen LogP) is 4.03. The fraction of sp³-hybridized carbons (Fsp3) is 0.409. The molecule has 0 aromatic heterocycles. The monoisotopic (exact) mass is 513 g/mol. The normalized spacial score (nSPS) is 16.2. The van der Waals surface area contributed by atoms with Crippen LogP contribution in [0.15, 0.2) is 47.5 Å². The van der Waals surface area contributed by atoms with Crippen molar-refractivity contribution in [3.05, 3.63) is 65.0 Å². The highest BCUT2D eigenvalue weighted by Gasteiger charge is 2.17. The van der Waals surface area contributed by atoms with E-state index in [2.05, 4.69) is 40.7 Å². The van der Waals surface area contributed by atoms with Crippen LogP contribution in [0.25, 0.3) is 0 Å².